The maximum absolute atomic E-state index is 14.1. The lowest BCUT2D eigenvalue weighted by Crippen LogP contribution is -2.58. The van der Waals surface area contributed by atoms with Crippen LogP contribution in [-0.2, 0) is 31.1 Å². The normalized spacial score (nSPS) is 29.2. The molecule has 1 fully saturated rings. The van der Waals surface area contributed by atoms with Gasteiger partial charge in [0.05, 0.1) is 19.2 Å². The molecule has 8 heteroatoms. The summed E-state index contributed by atoms with van der Waals surface area (Å²) in [6.45, 7) is 12.7. The van der Waals surface area contributed by atoms with Gasteiger partial charge in [-0.3, -0.25) is 10.1 Å². The van der Waals surface area contributed by atoms with E-state index in [4.69, 9.17) is 9.47 Å². The Kier molecular flexibility index (Phi) is 9.53. The van der Waals surface area contributed by atoms with E-state index in [-0.39, 0.29) is 18.4 Å². The predicted molar refractivity (Wildman–Crippen MR) is 163 cm³/mol. The number of aryl methyl sites for hydroxylation is 1. The summed E-state index contributed by atoms with van der Waals surface area (Å²) in [4.78, 5) is 27.9. The molecule has 0 spiro atoms. The highest BCUT2D eigenvalue weighted by atomic mass is 16.6. The summed E-state index contributed by atoms with van der Waals surface area (Å²) in [5.41, 5.74) is 2.69. The number of aliphatic hydroxyl groups excluding tert-OH is 1. The first-order valence-electron chi connectivity index (χ1n) is 15.0. The van der Waals surface area contributed by atoms with Crippen LogP contribution in [0.5, 0.6) is 0 Å². The topological polar surface area (TPSA) is 108 Å². The third-order valence-corrected chi connectivity index (χ3v) is 9.65. The highest BCUT2D eigenvalue weighted by Gasteiger charge is 2.52. The number of methoxy groups -OCH3 is 1. The molecule has 4 bridgehead atoms. The summed E-state index contributed by atoms with van der Waals surface area (Å²) in [6.07, 6.45) is 1.40. The molecule has 1 saturated heterocycles. The summed E-state index contributed by atoms with van der Waals surface area (Å²) in [7, 11) is 1.56. The van der Waals surface area contributed by atoms with Gasteiger partial charge < -0.3 is 24.6 Å². The van der Waals surface area contributed by atoms with Crippen LogP contribution in [-0.4, -0.2) is 65.7 Å². The number of nitrogens with zero attached hydrogens (tertiary/aromatic N) is 1. The number of carbonyl (C=O) groups is 2. The number of aliphatic carboxylic acids is 1. The van der Waals surface area contributed by atoms with Gasteiger partial charge in [-0.2, -0.15) is 0 Å². The zero-order valence-corrected chi connectivity index (χ0v) is 26.1. The second kappa shape index (κ2) is 12.4. The highest BCUT2D eigenvalue weighted by Crippen LogP contribution is 2.41. The van der Waals surface area contributed by atoms with Crippen LogP contribution in [0.25, 0.3) is 11.1 Å². The van der Waals surface area contributed by atoms with E-state index in [0.29, 0.717) is 12.5 Å². The van der Waals surface area contributed by atoms with Crippen LogP contribution in [0.4, 0.5) is 0 Å². The summed E-state index contributed by atoms with van der Waals surface area (Å²) in [5.74, 6) is -1.11. The number of hydrogen-bond acceptors (Lipinski definition) is 6. The number of hydrogen-bond donors (Lipinski definition) is 3. The van der Waals surface area contributed by atoms with E-state index in [1.165, 1.54) is 16.0 Å². The van der Waals surface area contributed by atoms with Gasteiger partial charge in [-0.25, -0.2) is 4.79 Å². The minimum absolute atomic E-state index is 0.0376. The third kappa shape index (κ3) is 6.72. The number of rotatable bonds is 2. The van der Waals surface area contributed by atoms with Gasteiger partial charge in [0.1, 0.15) is 11.6 Å². The average Bonchev–Trinajstić information content (AvgIpc) is 3.35. The Bertz CT molecular complexity index is 1250. The molecule has 42 heavy (non-hydrogen) atoms. The van der Waals surface area contributed by atoms with Gasteiger partial charge in [-0.05, 0) is 58.3 Å². The SMILES string of the molecule is COC12CC(C(=O)O)N(C1)C(=O)C(C(C)(C)C)NC(O)OCCC(C)(C)C(C)CCc1ccccc1-c1ccc2cc1. The number of carbonyl (C=O) groups excluding carboxylic acids is 1. The van der Waals surface area contributed by atoms with Crippen molar-refractivity contribution in [2.45, 2.75) is 91.3 Å². The molecule has 3 aliphatic rings. The van der Waals surface area contributed by atoms with Gasteiger partial charge in [0.15, 0.2) is 0 Å². The molecule has 5 unspecified atom stereocenters. The Morgan fingerprint density at radius 1 is 1.12 bits per heavy atom. The zero-order chi connectivity index (χ0) is 30.9. The fraction of sp³-hybridized carbons (Fsp3) is 0.588. The number of carboxylic acids is 1. The van der Waals surface area contributed by atoms with Crippen molar-refractivity contribution in [3.05, 3.63) is 59.7 Å². The number of amides is 1. The molecule has 1 amide bonds. The van der Waals surface area contributed by atoms with Gasteiger partial charge in [0, 0.05) is 13.5 Å². The molecule has 3 heterocycles. The lowest BCUT2D eigenvalue weighted by Gasteiger charge is -2.37. The molecule has 2 aromatic carbocycles. The number of carboxylic acid groups (broad SMARTS) is 1. The molecule has 0 aromatic heterocycles. The monoisotopic (exact) mass is 580 g/mol. The van der Waals surface area contributed by atoms with Gasteiger partial charge in [-0.1, -0.05) is 90.1 Å². The molecule has 230 valence electrons. The Balaban J connectivity index is 1.78. The summed E-state index contributed by atoms with van der Waals surface area (Å²) in [6, 6.07) is 14.6. The molecule has 0 radical (unpaired) electrons. The van der Waals surface area contributed by atoms with E-state index in [1.807, 2.05) is 32.9 Å². The van der Waals surface area contributed by atoms with Crippen LogP contribution in [0.2, 0.25) is 0 Å². The first-order chi connectivity index (χ1) is 19.7. The van der Waals surface area contributed by atoms with E-state index in [9.17, 15) is 19.8 Å². The minimum atomic E-state index is -1.38. The largest absolute Gasteiger partial charge is 0.480 e. The lowest BCUT2D eigenvalue weighted by atomic mass is 9.74. The maximum atomic E-state index is 14.1. The van der Waals surface area contributed by atoms with Crippen molar-refractivity contribution >= 4 is 11.9 Å². The third-order valence-electron chi connectivity index (χ3n) is 9.65. The van der Waals surface area contributed by atoms with Crippen molar-refractivity contribution in [2.75, 3.05) is 20.3 Å². The molecule has 5 rings (SSSR count). The summed E-state index contributed by atoms with van der Waals surface area (Å²) < 4.78 is 11.8. The van der Waals surface area contributed by atoms with Gasteiger partial charge >= 0.3 is 5.97 Å². The van der Waals surface area contributed by atoms with Crippen LogP contribution in [0.3, 0.4) is 0 Å². The summed E-state index contributed by atoms with van der Waals surface area (Å²) >= 11 is 0. The second-order valence-corrected chi connectivity index (χ2v) is 13.8. The molecule has 0 aliphatic carbocycles. The smallest absolute Gasteiger partial charge is 0.326 e. The van der Waals surface area contributed by atoms with Gasteiger partial charge in [-0.15, -0.1) is 0 Å². The van der Waals surface area contributed by atoms with Crippen molar-refractivity contribution in [3.63, 3.8) is 0 Å². The average molecular weight is 581 g/mol. The predicted octanol–water partition coefficient (Wildman–Crippen LogP) is 5.18. The summed E-state index contributed by atoms with van der Waals surface area (Å²) in [5, 5.41) is 24.0. The maximum Gasteiger partial charge on any atom is 0.326 e. The van der Waals surface area contributed by atoms with Crippen molar-refractivity contribution in [3.8, 4) is 11.1 Å². The van der Waals surface area contributed by atoms with Crippen molar-refractivity contribution in [1.82, 2.24) is 10.2 Å². The van der Waals surface area contributed by atoms with Crippen molar-refractivity contribution in [2.24, 2.45) is 16.7 Å². The van der Waals surface area contributed by atoms with Crippen LogP contribution in [0.15, 0.2) is 48.5 Å². The first kappa shape index (κ1) is 32.1. The molecular formula is C34H48N2O6. The molecule has 0 saturated carbocycles. The highest BCUT2D eigenvalue weighted by molar-refractivity contribution is 5.88. The van der Waals surface area contributed by atoms with E-state index in [2.05, 4.69) is 62.5 Å². The second-order valence-electron chi connectivity index (χ2n) is 13.8. The number of ether oxygens (including phenoxy) is 2. The Hall–Kier alpha value is -2.78. The van der Waals surface area contributed by atoms with E-state index < -0.39 is 41.4 Å². The zero-order valence-electron chi connectivity index (χ0n) is 26.1. The van der Waals surface area contributed by atoms with E-state index in [1.54, 1.807) is 7.11 Å². The van der Waals surface area contributed by atoms with Crippen LogP contribution in [0, 0.1) is 16.7 Å². The number of aliphatic hydroxyl groups is 1. The lowest BCUT2D eigenvalue weighted by molar-refractivity contribution is -0.159. The van der Waals surface area contributed by atoms with Crippen molar-refractivity contribution in [1.29, 1.82) is 0 Å². The molecule has 5 atom stereocenters. The first-order valence-corrected chi connectivity index (χ1v) is 15.0. The van der Waals surface area contributed by atoms with E-state index in [0.717, 1.165) is 30.4 Å². The number of fused-ring (bicyclic) bond motifs is 12. The van der Waals surface area contributed by atoms with Crippen LogP contribution < -0.4 is 5.32 Å². The Labute approximate surface area is 250 Å². The van der Waals surface area contributed by atoms with Crippen LogP contribution in [0.1, 0.15) is 71.9 Å². The van der Waals surface area contributed by atoms with Gasteiger partial charge in [0.25, 0.3) is 0 Å². The minimum Gasteiger partial charge on any atom is -0.480 e. The van der Waals surface area contributed by atoms with E-state index >= 15 is 0 Å². The van der Waals surface area contributed by atoms with Gasteiger partial charge in [0.2, 0.25) is 12.3 Å². The quantitative estimate of drug-likeness (QED) is 0.449. The Morgan fingerprint density at radius 3 is 2.40 bits per heavy atom. The fourth-order valence-electron chi connectivity index (χ4n) is 6.26. The molecular weight excluding hydrogens is 532 g/mol. The number of nitrogens with one attached hydrogen (secondary N) is 1. The fourth-order valence-corrected chi connectivity index (χ4v) is 6.26. The molecule has 8 nitrogen and oxygen atoms in total. The number of benzene rings is 2. The Morgan fingerprint density at radius 2 is 1.79 bits per heavy atom. The van der Waals surface area contributed by atoms with Crippen LogP contribution >= 0.6 is 0 Å². The molecule has 2 aromatic rings. The standard InChI is InChI=1S/C34H48N2O6/c1-22-12-13-23-10-8-9-11-26(23)24-14-16-25(17-15-24)34(41-7)20-27(30(38)39)36(21-34)29(37)28(32(2,3)4)35-31(40)42-19-18-33(22,5)6/h8-11,14-17,22,27-28,31,35,40H,12-13,18-21H2,1-7H3,(H,38,39). The van der Waals surface area contributed by atoms with Crippen molar-refractivity contribution < 1.29 is 29.3 Å². The molecule has 3 aliphatic heterocycles. The molecule has 3 N–H and O–H groups in total.